The van der Waals surface area contributed by atoms with Crippen LogP contribution in [-0.4, -0.2) is 43.2 Å². The van der Waals surface area contributed by atoms with Crippen LogP contribution in [0.25, 0.3) is 0 Å². The molecule has 0 aromatic rings. The molecule has 3 heteroatoms. The number of quaternary nitrogens is 1. The van der Waals surface area contributed by atoms with Crippen LogP contribution in [0.4, 0.5) is 0 Å². The molecule has 3 nitrogen and oxygen atoms in total. The highest BCUT2D eigenvalue weighted by atomic mass is 16.4. The summed E-state index contributed by atoms with van der Waals surface area (Å²) in [6, 6.07) is 0. The van der Waals surface area contributed by atoms with Crippen molar-refractivity contribution in [1.82, 2.24) is 0 Å². The minimum Gasteiger partial charge on any atom is -0.481 e. The summed E-state index contributed by atoms with van der Waals surface area (Å²) in [5.41, 5.74) is 0. The monoisotopic (exact) mass is 270 g/mol. The minimum absolute atomic E-state index is 0.315. The predicted octanol–water partition coefficient (Wildman–Crippen LogP) is 3.84. The Bertz CT molecular complexity index is 254. The number of carbonyl (C=O) groups is 1. The molecule has 0 aliphatic carbocycles. The summed E-state index contributed by atoms with van der Waals surface area (Å²) in [4.78, 5) is 10.3. The lowest BCUT2D eigenvalue weighted by Gasteiger charge is -2.23. The van der Waals surface area contributed by atoms with E-state index in [2.05, 4.69) is 33.3 Å². The van der Waals surface area contributed by atoms with Crippen molar-refractivity contribution < 1.29 is 14.4 Å². The number of carboxylic acids is 1. The Labute approximate surface area is 118 Å². The highest BCUT2D eigenvalue weighted by Gasteiger charge is 2.04. The van der Waals surface area contributed by atoms with E-state index in [0.29, 0.717) is 6.42 Å². The van der Waals surface area contributed by atoms with E-state index in [-0.39, 0.29) is 0 Å². The topological polar surface area (TPSA) is 37.3 Å². The van der Waals surface area contributed by atoms with E-state index in [1.165, 1.54) is 32.2 Å². The zero-order chi connectivity index (χ0) is 14.6. The molecule has 0 aliphatic heterocycles. The first kappa shape index (κ1) is 18.2. The Morgan fingerprint density at radius 1 is 0.895 bits per heavy atom. The molecule has 0 spiro atoms. The molecule has 1 N–H and O–H groups in total. The molecule has 0 atom stereocenters. The second-order valence-corrected chi connectivity index (χ2v) is 6.33. The molecule has 0 saturated heterocycles. The van der Waals surface area contributed by atoms with E-state index in [1.807, 2.05) is 0 Å². The Hall–Kier alpha value is -0.830. The molecule has 19 heavy (non-hydrogen) atoms. The van der Waals surface area contributed by atoms with E-state index in [9.17, 15) is 4.79 Å². The fraction of sp³-hybridized carbons (Fsp3) is 0.812. The van der Waals surface area contributed by atoms with Gasteiger partial charge in [0.15, 0.2) is 0 Å². The van der Waals surface area contributed by atoms with Gasteiger partial charge in [-0.1, -0.05) is 18.6 Å². The van der Waals surface area contributed by atoms with Crippen LogP contribution in [0.1, 0.15) is 57.8 Å². The summed E-state index contributed by atoms with van der Waals surface area (Å²) in [6.45, 7) is 1.26. The largest absolute Gasteiger partial charge is 0.481 e. The first-order valence-corrected chi connectivity index (χ1v) is 7.59. The van der Waals surface area contributed by atoms with Gasteiger partial charge in [0.2, 0.25) is 0 Å². The number of carboxylic acid groups (broad SMARTS) is 1. The molecule has 0 radical (unpaired) electrons. The summed E-state index contributed by atoms with van der Waals surface area (Å²) in [7, 11) is 6.72. The molecule has 0 aliphatic rings. The average Bonchev–Trinajstić information content (AvgIpc) is 2.28. The second kappa shape index (κ2) is 11.0. The fourth-order valence-electron chi connectivity index (χ4n) is 1.98. The first-order valence-electron chi connectivity index (χ1n) is 7.59. The zero-order valence-electron chi connectivity index (χ0n) is 13.0. The van der Waals surface area contributed by atoms with Gasteiger partial charge in [-0.05, 0) is 44.9 Å². The molecule has 0 amide bonds. The van der Waals surface area contributed by atoms with Gasteiger partial charge in [-0.15, -0.1) is 0 Å². The van der Waals surface area contributed by atoms with Gasteiger partial charge < -0.3 is 9.59 Å². The number of rotatable bonds is 12. The second-order valence-electron chi connectivity index (χ2n) is 6.33. The molecule has 0 saturated carbocycles. The summed E-state index contributed by atoms with van der Waals surface area (Å²) in [6.07, 6.45) is 14.0. The van der Waals surface area contributed by atoms with Crippen molar-refractivity contribution >= 4 is 5.97 Å². The molecule has 0 unspecified atom stereocenters. The SMILES string of the molecule is C[N+](C)(C)CCCCC/C=C\CCCCCC(=O)O. The lowest BCUT2D eigenvalue weighted by Crippen LogP contribution is -2.35. The zero-order valence-corrected chi connectivity index (χ0v) is 13.0. The lowest BCUT2D eigenvalue weighted by molar-refractivity contribution is -0.870. The molecule has 0 aromatic heterocycles. The third kappa shape index (κ3) is 17.2. The van der Waals surface area contributed by atoms with Gasteiger partial charge in [0, 0.05) is 6.42 Å². The van der Waals surface area contributed by atoms with E-state index in [1.54, 1.807) is 0 Å². The molecular weight excluding hydrogens is 238 g/mol. The highest BCUT2D eigenvalue weighted by molar-refractivity contribution is 5.66. The Kier molecular flexibility index (Phi) is 10.6. The minimum atomic E-state index is -0.676. The Morgan fingerprint density at radius 3 is 1.89 bits per heavy atom. The standard InChI is InChI=1S/C16H31NO2/c1-17(2,3)15-13-11-9-7-5-4-6-8-10-12-14-16(18)19/h4-5H,6-15H2,1-3H3/p+1/b5-4-. The average molecular weight is 270 g/mol. The van der Waals surface area contributed by atoms with Crippen molar-refractivity contribution in [3.63, 3.8) is 0 Å². The van der Waals surface area contributed by atoms with E-state index in [0.717, 1.165) is 30.2 Å². The van der Waals surface area contributed by atoms with Crippen molar-refractivity contribution in [2.75, 3.05) is 27.7 Å². The van der Waals surface area contributed by atoms with Crippen LogP contribution >= 0.6 is 0 Å². The van der Waals surface area contributed by atoms with Crippen molar-refractivity contribution in [2.24, 2.45) is 0 Å². The maximum Gasteiger partial charge on any atom is 0.303 e. The molecule has 0 rings (SSSR count). The normalized spacial score (nSPS) is 12.2. The number of nitrogens with zero attached hydrogens (tertiary/aromatic N) is 1. The van der Waals surface area contributed by atoms with Crippen molar-refractivity contribution in [2.45, 2.75) is 57.8 Å². The van der Waals surface area contributed by atoms with Crippen LogP contribution in [0, 0.1) is 0 Å². The van der Waals surface area contributed by atoms with Gasteiger partial charge in [0.1, 0.15) is 0 Å². The molecule has 0 heterocycles. The maximum absolute atomic E-state index is 10.3. The van der Waals surface area contributed by atoms with Gasteiger partial charge in [-0.25, -0.2) is 0 Å². The van der Waals surface area contributed by atoms with Gasteiger partial charge in [-0.2, -0.15) is 0 Å². The highest BCUT2D eigenvalue weighted by Crippen LogP contribution is 2.06. The fourth-order valence-corrected chi connectivity index (χ4v) is 1.98. The lowest BCUT2D eigenvalue weighted by atomic mass is 10.1. The Morgan fingerprint density at radius 2 is 1.42 bits per heavy atom. The van der Waals surface area contributed by atoms with Crippen LogP contribution in [0.15, 0.2) is 12.2 Å². The van der Waals surface area contributed by atoms with Crippen LogP contribution < -0.4 is 0 Å². The third-order valence-electron chi connectivity index (χ3n) is 3.13. The van der Waals surface area contributed by atoms with Crippen molar-refractivity contribution in [3.8, 4) is 0 Å². The maximum atomic E-state index is 10.3. The smallest absolute Gasteiger partial charge is 0.303 e. The summed E-state index contributed by atoms with van der Waals surface area (Å²) < 4.78 is 1.06. The van der Waals surface area contributed by atoms with Crippen LogP contribution in [0.3, 0.4) is 0 Å². The number of unbranched alkanes of at least 4 members (excludes halogenated alkanes) is 6. The van der Waals surface area contributed by atoms with Crippen molar-refractivity contribution in [3.05, 3.63) is 12.2 Å². The molecule has 0 bridgehead atoms. The number of hydrogen-bond donors (Lipinski definition) is 1. The third-order valence-corrected chi connectivity index (χ3v) is 3.13. The Balaban J connectivity index is 3.20. The van der Waals surface area contributed by atoms with Crippen LogP contribution in [0.2, 0.25) is 0 Å². The van der Waals surface area contributed by atoms with Crippen LogP contribution in [-0.2, 0) is 4.79 Å². The summed E-state index contributed by atoms with van der Waals surface area (Å²) >= 11 is 0. The van der Waals surface area contributed by atoms with Gasteiger partial charge in [0.05, 0.1) is 27.7 Å². The quantitative estimate of drug-likeness (QED) is 0.332. The predicted molar refractivity (Wildman–Crippen MR) is 81.2 cm³/mol. The van der Waals surface area contributed by atoms with E-state index in [4.69, 9.17) is 5.11 Å². The first-order chi connectivity index (χ1) is 8.92. The number of hydrogen-bond acceptors (Lipinski definition) is 1. The molecule has 0 fully saturated rings. The van der Waals surface area contributed by atoms with Gasteiger partial charge in [-0.3, -0.25) is 4.79 Å². The van der Waals surface area contributed by atoms with Gasteiger partial charge in [0.25, 0.3) is 0 Å². The van der Waals surface area contributed by atoms with Gasteiger partial charge >= 0.3 is 5.97 Å². The van der Waals surface area contributed by atoms with E-state index < -0.39 is 5.97 Å². The summed E-state index contributed by atoms with van der Waals surface area (Å²) in [5.74, 6) is -0.676. The van der Waals surface area contributed by atoms with Crippen LogP contribution in [0.5, 0.6) is 0 Å². The molecule has 112 valence electrons. The number of aliphatic carboxylic acids is 1. The molecule has 0 aromatic carbocycles. The van der Waals surface area contributed by atoms with Crippen molar-refractivity contribution in [1.29, 1.82) is 0 Å². The number of allylic oxidation sites excluding steroid dienone is 2. The summed E-state index contributed by atoms with van der Waals surface area (Å²) in [5, 5.41) is 8.49. The van der Waals surface area contributed by atoms with E-state index >= 15 is 0 Å². The molecular formula is C16H32NO2+.